The van der Waals surface area contributed by atoms with Crippen LogP contribution in [0.1, 0.15) is 27.6 Å². The largest absolute Gasteiger partial charge is 0.322 e. The number of fused-ring (bicyclic) bond motifs is 1. The normalized spacial score (nSPS) is 16.7. The van der Waals surface area contributed by atoms with Crippen LogP contribution in [0.25, 0.3) is 0 Å². The third kappa shape index (κ3) is 3.80. The zero-order valence-corrected chi connectivity index (χ0v) is 15.9. The molecule has 0 unspecified atom stereocenters. The van der Waals surface area contributed by atoms with E-state index < -0.39 is 5.82 Å². The Kier molecular flexibility index (Phi) is 5.05. The number of carbonyl (C=O) groups excluding carboxylic acids is 1. The number of carbonyl (C=O) groups is 1. The fraction of sp³-hybridized carbons (Fsp3) is 0.227. The topological polar surface area (TPSA) is 32.3 Å². The van der Waals surface area contributed by atoms with E-state index >= 15 is 0 Å². The van der Waals surface area contributed by atoms with E-state index in [1.54, 1.807) is 23.5 Å². The van der Waals surface area contributed by atoms with Crippen molar-refractivity contribution in [3.8, 4) is 0 Å². The zero-order valence-electron chi connectivity index (χ0n) is 15.1. The molecule has 27 heavy (non-hydrogen) atoms. The maximum Gasteiger partial charge on any atom is 0.238 e. The van der Waals surface area contributed by atoms with Crippen molar-refractivity contribution in [2.75, 3.05) is 18.4 Å². The van der Waals surface area contributed by atoms with Gasteiger partial charge in [0.05, 0.1) is 18.3 Å². The first-order chi connectivity index (χ1) is 13.1. The lowest BCUT2D eigenvalue weighted by atomic mass is 9.93. The Hall–Kier alpha value is -2.50. The predicted molar refractivity (Wildman–Crippen MR) is 108 cm³/mol. The standard InChI is InChI=1S/C22H21FN2OS/c1-15-7-8-19(18(23)13-15)24-21(26)14-25-11-9-20-17(10-12-27-20)22(25)16-5-3-2-4-6-16/h2-8,10,12-13,22H,9,11,14H2,1H3,(H,24,26)/t22-/m1/s1. The van der Waals surface area contributed by atoms with Crippen LogP contribution in [0, 0.1) is 12.7 Å². The molecule has 0 saturated carbocycles. The highest BCUT2D eigenvalue weighted by molar-refractivity contribution is 7.10. The van der Waals surface area contributed by atoms with Crippen molar-refractivity contribution in [3.05, 3.63) is 87.4 Å². The van der Waals surface area contributed by atoms with Crippen LogP contribution in [0.2, 0.25) is 0 Å². The van der Waals surface area contributed by atoms with E-state index in [1.807, 2.05) is 25.1 Å². The molecule has 2 aromatic carbocycles. The summed E-state index contributed by atoms with van der Waals surface area (Å²) in [6.07, 6.45) is 0.933. The lowest BCUT2D eigenvalue weighted by Gasteiger charge is -2.35. The molecular formula is C22H21FN2OS. The summed E-state index contributed by atoms with van der Waals surface area (Å²) < 4.78 is 14.1. The summed E-state index contributed by atoms with van der Waals surface area (Å²) in [5, 5.41) is 4.84. The van der Waals surface area contributed by atoms with Gasteiger partial charge in [-0.05, 0) is 53.6 Å². The van der Waals surface area contributed by atoms with Gasteiger partial charge in [0.1, 0.15) is 5.82 Å². The molecular weight excluding hydrogens is 359 g/mol. The summed E-state index contributed by atoms with van der Waals surface area (Å²) in [5.41, 5.74) is 3.50. The third-order valence-corrected chi connectivity index (χ3v) is 5.92. The molecule has 0 fully saturated rings. The summed E-state index contributed by atoms with van der Waals surface area (Å²) in [6, 6.07) is 17.3. The molecule has 138 valence electrons. The van der Waals surface area contributed by atoms with Gasteiger partial charge in [0.25, 0.3) is 0 Å². The summed E-state index contributed by atoms with van der Waals surface area (Å²) >= 11 is 1.77. The molecule has 0 saturated heterocycles. The summed E-state index contributed by atoms with van der Waals surface area (Å²) in [4.78, 5) is 16.2. The average Bonchev–Trinajstić information content (AvgIpc) is 3.13. The maximum atomic E-state index is 14.1. The minimum Gasteiger partial charge on any atom is -0.322 e. The fourth-order valence-electron chi connectivity index (χ4n) is 3.66. The lowest BCUT2D eigenvalue weighted by Crippen LogP contribution is -2.40. The highest BCUT2D eigenvalue weighted by Crippen LogP contribution is 2.37. The molecule has 1 aliphatic heterocycles. The molecule has 1 aromatic heterocycles. The molecule has 5 heteroatoms. The summed E-state index contributed by atoms with van der Waals surface area (Å²) in [5.74, 6) is -0.598. The van der Waals surface area contributed by atoms with E-state index in [0.29, 0.717) is 0 Å². The second-order valence-electron chi connectivity index (χ2n) is 6.86. The molecule has 1 aliphatic rings. The van der Waals surface area contributed by atoms with Gasteiger partial charge in [-0.1, -0.05) is 36.4 Å². The number of halogens is 1. The predicted octanol–water partition coefficient (Wildman–Crippen LogP) is 4.78. The smallest absolute Gasteiger partial charge is 0.238 e. The minimum atomic E-state index is -0.401. The van der Waals surface area contributed by atoms with Crippen molar-refractivity contribution in [2.45, 2.75) is 19.4 Å². The van der Waals surface area contributed by atoms with Crippen LogP contribution in [0.5, 0.6) is 0 Å². The van der Waals surface area contributed by atoms with Crippen LogP contribution in [-0.4, -0.2) is 23.9 Å². The van der Waals surface area contributed by atoms with Crippen molar-refractivity contribution in [1.29, 1.82) is 0 Å². The molecule has 1 atom stereocenters. The van der Waals surface area contributed by atoms with E-state index in [-0.39, 0.29) is 24.2 Å². The molecule has 0 aliphatic carbocycles. The van der Waals surface area contributed by atoms with Crippen LogP contribution >= 0.6 is 11.3 Å². The second kappa shape index (κ2) is 7.62. The van der Waals surface area contributed by atoms with Crippen LogP contribution in [0.3, 0.4) is 0 Å². The van der Waals surface area contributed by atoms with Gasteiger partial charge in [-0.2, -0.15) is 0 Å². The van der Waals surface area contributed by atoms with Crippen LogP contribution in [0.4, 0.5) is 10.1 Å². The number of aryl methyl sites for hydroxylation is 1. The number of amides is 1. The molecule has 2 heterocycles. The first kappa shape index (κ1) is 17.9. The van der Waals surface area contributed by atoms with Crippen molar-refractivity contribution >= 4 is 22.9 Å². The summed E-state index contributed by atoms with van der Waals surface area (Å²) in [7, 11) is 0. The molecule has 0 radical (unpaired) electrons. The lowest BCUT2D eigenvalue weighted by molar-refractivity contribution is -0.117. The summed E-state index contributed by atoms with van der Waals surface area (Å²) in [6.45, 7) is 2.85. The Labute approximate surface area is 162 Å². The van der Waals surface area contributed by atoms with E-state index in [4.69, 9.17) is 0 Å². The third-order valence-electron chi connectivity index (χ3n) is 4.93. The minimum absolute atomic E-state index is 0.0508. The van der Waals surface area contributed by atoms with Crippen molar-refractivity contribution < 1.29 is 9.18 Å². The Morgan fingerprint density at radius 2 is 2.04 bits per heavy atom. The number of hydrogen-bond donors (Lipinski definition) is 1. The van der Waals surface area contributed by atoms with E-state index in [0.717, 1.165) is 18.5 Å². The SMILES string of the molecule is Cc1ccc(NC(=O)CN2CCc3sccc3[C@H]2c2ccccc2)c(F)c1. The molecule has 0 bridgehead atoms. The van der Waals surface area contributed by atoms with Gasteiger partial charge in [0, 0.05) is 11.4 Å². The van der Waals surface area contributed by atoms with Gasteiger partial charge in [-0.15, -0.1) is 11.3 Å². The molecule has 0 spiro atoms. The number of rotatable bonds is 4. The maximum absolute atomic E-state index is 14.1. The monoisotopic (exact) mass is 380 g/mol. The van der Waals surface area contributed by atoms with E-state index in [2.05, 4.69) is 33.8 Å². The van der Waals surface area contributed by atoms with Crippen molar-refractivity contribution in [3.63, 3.8) is 0 Å². The zero-order chi connectivity index (χ0) is 18.8. The van der Waals surface area contributed by atoms with Crippen molar-refractivity contribution in [2.24, 2.45) is 0 Å². The highest BCUT2D eigenvalue weighted by Gasteiger charge is 2.30. The van der Waals surface area contributed by atoms with E-state index in [1.165, 1.54) is 22.1 Å². The number of nitrogens with one attached hydrogen (secondary N) is 1. The second-order valence-corrected chi connectivity index (χ2v) is 7.86. The van der Waals surface area contributed by atoms with Gasteiger partial charge in [0.15, 0.2) is 0 Å². The number of benzene rings is 2. The molecule has 3 aromatic rings. The highest BCUT2D eigenvalue weighted by atomic mass is 32.1. The first-order valence-electron chi connectivity index (χ1n) is 9.03. The van der Waals surface area contributed by atoms with Crippen molar-refractivity contribution in [1.82, 2.24) is 4.90 Å². The van der Waals surface area contributed by atoms with Gasteiger partial charge >= 0.3 is 0 Å². The number of thiophene rings is 1. The van der Waals surface area contributed by atoms with Gasteiger partial charge in [0.2, 0.25) is 5.91 Å². The van der Waals surface area contributed by atoms with Gasteiger partial charge < -0.3 is 5.32 Å². The first-order valence-corrected chi connectivity index (χ1v) is 9.91. The number of hydrogen-bond acceptors (Lipinski definition) is 3. The molecule has 3 nitrogen and oxygen atoms in total. The quantitative estimate of drug-likeness (QED) is 0.706. The molecule has 1 amide bonds. The average molecular weight is 380 g/mol. The molecule has 4 rings (SSSR count). The Bertz CT molecular complexity index is 954. The van der Waals surface area contributed by atoms with Gasteiger partial charge in [-0.3, -0.25) is 9.69 Å². The van der Waals surface area contributed by atoms with E-state index in [9.17, 15) is 9.18 Å². The number of nitrogens with zero attached hydrogens (tertiary/aromatic N) is 1. The fourth-order valence-corrected chi connectivity index (χ4v) is 4.56. The van der Waals surface area contributed by atoms with Gasteiger partial charge in [-0.25, -0.2) is 4.39 Å². The Morgan fingerprint density at radius 1 is 1.22 bits per heavy atom. The van der Waals surface area contributed by atoms with Crippen LogP contribution in [0.15, 0.2) is 60.0 Å². The van der Waals surface area contributed by atoms with Crippen LogP contribution < -0.4 is 5.32 Å². The van der Waals surface area contributed by atoms with Crippen LogP contribution in [-0.2, 0) is 11.2 Å². The molecule has 1 N–H and O–H groups in total. The Balaban J connectivity index is 1.56. The number of anilines is 1. The Morgan fingerprint density at radius 3 is 2.81 bits per heavy atom.